The molecule has 0 aliphatic carbocycles. The van der Waals surface area contributed by atoms with Gasteiger partial charge in [0.05, 0.1) is 5.02 Å². The Labute approximate surface area is 72.4 Å². The molecule has 1 aromatic carbocycles. The fraction of sp³-hybridized carbons (Fsp3) is 0. The van der Waals surface area contributed by atoms with E-state index in [9.17, 15) is 12.9 Å². The summed E-state index contributed by atoms with van der Waals surface area (Å²) >= 11 is 5.45. The van der Waals surface area contributed by atoms with Crippen molar-refractivity contribution < 1.29 is 12.9 Å². The molecule has 0 unspecified atom stereocenters. The average molecular weight is 194 g/mol. The van der Waals surface area contributed by atoms with Crippen LogP contribution in [0.5, 0.6) is 0 Å². The van der Waals surface area contributed by atoms with Gasteiger partial charge in [0.2, 0.25) is 0 Å². The van der Waals surface area contributed by atoms with E-state index in [0.717, 1.165) is 18.2 Å². The number of halogens is 4. The van der Waals surface area contributed by atoms with Gasteiger partial charge in [-0.1, -0.05) is 23.7 Å². The minimum atomic E-state index is -4.98. The van der Waals surface area contributed by atoms with Crippen molar-refractivity contribution in [3.8, 4) is 0 Å². The molecule has 0 saturated carbocycles. The van der Waals surface area contributed by atoms with Crippen molar-refractivity contribution in [1.82, 2.24) is 0 Å². The second-order valence-corrected chi connectivity index (χ2v) is 2.76. The summed E-state index contributed by atoms with van der Waals surface area (Å²) in [6, 6.07) is 2.89. The van der Waals surface area contributed by atoms with Crippen molar-refractivity contribution in [2.75, 3.05) is 5.73 Å². The molecule has 0 bridgehead atoms. The van der Waals surface area contributed by atoms with E-state index >= 15 is 0 Å². The standard InChI is InChI=1S/C6H5BClF3N/c8-5-2-1-4(3-6(5)12)7(9,10)11/h1-3H,12H2/q-1. The van der Waals surface area contributed by atoms with Crippen molar-refractivity contribution in [2.45, 2.75) is 0 Å². The average Bonchev–Trinajstić information content (AvgIpc) is 1.92. The first-order valence-electron chi connectivity index (χ1n) is 3.16. The number of hydrogen-bond donors (Lipinski definition) is 1. The fourth-order valence-electron chi connectivity index (χ4n) is 0.766. The van der Waals surface area contributed by atoms with E-state index < -0.39 is 12.4 Å². The summed E-state index contributed by atoms with van der Waals surface area (Å²) in [5, 5.41) is 0.138. The lowest BCUT2D eigenvalue weighted by Crippen LogP contribution is -2.33. The highest BCUT2D eigenvalue weighted by Crippen LogP contribution is 2.18. The van der Waals surface area contributed by atoms with Gasteiger partial charge in [-0.05, 0) is 6.07 Å². The van der Waals surface area contributed by atoms with Crippen LogP contribution < -0.4 is 11.2 Å². The lowest BCUT2D eigenvalue weighted by molar-refractivity contribution is 0.501. The maximum Gasteiger partial charge on any atom is 0.509 e. The number of hydrogen-bond acceptors (Lipinski definition) is 1. The molecular formula is C6H5BClF3N-. The molecule has 1 nitrogen and oxygen atoms in total. The van der Waals surface area contributed by atoms with Gasteiger partial charge in [0.1, 0.15) is 0 Å². The van der Waals surface area contributed by atoms with Gasteiger partial charge >= 0.3 is 6.98 Å². The molecule has 0 radical (unpaired) electrons. The largest absolute Gasteiger partial charge is 0.509 e. The summed E-state index contributed by atoms with van der Waals surface area (Å²) in [4.78, 5) is 0. The van der Waals surface area contributed by atoms with Gasteiger partial charge < -0.3 is 18.7 Å². The fourth-order valence-corrected chi connectivity index (χ4v) is 0.883. The Balaban J connectivity index is 3.14. The summed E-state index contributed by atoms with van der Waals surface area (Å²) in [5.41, 5.74) is 4.42. The van der Waals surface area contributed by atoms with Gasteiger partial charge in [0.15, 0.2) is 0 Å². The quantitative estimate of drug-likeness (QED) is 0.537. The van der Waals surface area contributed by atoms with Crippen LogP contribution in [-0.2, 0) is 0 Å². The number of nitrogens with two attached hydrogens (primary N) is 1. The molecule has 2 N–H and O–H groups in total. The van der Waals surface area contributed by atoms with Crippen molar-refractivity contribution in [2.24, 2.45) is 0 Å². The second-order valence-electron chi connectivity index (χ2n) is 2.36. The van der Waals surface area contributed by atoms with E-state index in [1.54, 1.807) is 0 Å². The predicted octanol–water partition coefficient (Wildman–Crippen LogP) is 1.98. The predicted molar refractivity (Wildman–Crippen MR) is 44.6 cm³/mol. The van der Waals surface area contributed by atoms with E-state index in [1.807, 2.05) is 0 Å². The minimum Gasteiger partial charge on any atom is -0.445 e. The molecule has 66 valence electrons. The molecule has 0 saturated heterocycles. The van der Waals surface area contributed by atoms with Gasteiger partial charge in [-0.2, -0.15) is 0 Å². The highest BCUT2D eigenvalue weighted by Gasteiger charge is 2.25. The molecule has 0 fully saturated rings. The Bertz CT molecular complexity index is 299. The maximum atomic E-state index is 12.1. The van der Waals surface area contributed by atoms with Crippen molar-refractivity contribution >= 4 is 29.7 Å². The van der Waals surface area contributed by atoms with E-state index in [1.165, 1.54) is 0 Å². The Kier molecular flexibility index (Phi) is 2.23. The molecule has 0 amide bonds. The number of benzene rings is 1. The van der Waals surface area contributed by atoms with Gasteiger partial charge in [-0.15, -0.1) is 5.46 Å². The molecule has 0 aromatic heterocycles. The summed E-state index contributed by atoms with van der Waals surface area (Å²) in [6.07, 6.45) is 0. The monoisotopic (exact) mass is 194 g/mol. The zero-order valence-corrected chi connectivity index (χ0v) is 6.65. The molecule has 0 spiro atoms. The van der Waals surface area contributed by atoms with Crippen LogP contribution in [-0.4, -0.2) is 6.98 Å². The van der Waals surface area contributed by atoms with Crippen LogP contribution in [0.1, 0.15) is 0 Å². The van der Waals surface area contributed by atoms with Crippen molar-refractivity contribution in [3.05, 3.63) is 23.2 Å². The van der Waals surface area contributed by atoms with Gasteiger partial charge in [0, 0.05) is 5.69 Å². The highest BCUT2D eigenvalue weighted by molar-refractivity contribution is 6.73. The molecule has 1 aromatic rings. The summed E-state index contributed by atoms with van der Waals surface area (Å²) in [5.74, 6) is 0. The molecular weight excluding hydrogens is 189 g/mol. The zero-order chi connectivity index (χ0) is 9.35. The summed E-state index contributed by atoms with van der Waals surface area (Å²) < 4.78 is 36.2. The molecule has 0 aliphatic heterocycles. The van der Waals surface area contributed by atoms with Crippen LogP contribution in [0.25, 0.3) is 0 Å². The van der Waals surface area contributed by atoms with Crippen LogP contribution >= 0.6 is 11.6 Å². The number of rotatable bonds is 1. The minimum absolute atomic E-state index is 0.0478. The van der Waals surface area contributed by atoms with Crippen LogP contribution in [0.2, 0.25) is 5.02 Å². The molecule has 0 heterocycles. The first-order chi connectivity index (χ1) is 5.41. The Morgan fingerprint density at radius 1 is 1.25 bits per heavy atom. The smallest absolute Gasteiger partial charge is 0.445 e. The van der Waals surface area contributed by atoms with Crippen LogP contribution in [0.4, 0.5) is 18.6 Å². The Morgan fingerprint density at radius 3 is 2.25 bits per heavy atom. The zero-order valence-electron chi connectivity index (χ0n) is 5.90. The molecule has 0 atom stereocenters. The summed E-state index contributed by atoms with van der Waals surface area (Å²) in [6.45, 7) is -4.98. The van der Waals surface area contributed by atoms with Gasteiger partial charge in [-0.3, -0.25) is 0 Å². The lowest BCUT2D eigenvalue weighted by atomic mass is 9.80. The van der Waals surface area contributed by atoms with Crippen molar-refractivity contribution in [1.29, 1.82) is 0 Å². The van der Waals surface area contributed by atoms with Crippen LogP contribution in [0.15, 0.2) is 18.2 Å². The Morgan fingerprint density at radius 2 is 1.83 bits per heavy atom. The van der Waals surface area contributed by atoms with Crippen LogP contribution in [0, 0.1) is 0 Å². The van der Waals surface area contributed by atoms with Gasteiger partial charge in [-0.25, -0.2) is 0 Å². The third-order valence-corrected chi connectivity index (χ3v) is 1.74. The van der Waals surface area contributed by atoms with E-state index in [0.29, 0.717) is 0 Å². The summed E-state index contributed by atoms with van der Waals surface area (Å²) in [7, 11) is 0. The normalized spacial score (nSPS) is 11.7. The van der Waals surface area contributed by atoms with E-state index in [4.69, 9.17) is 17.3 Å². The lowest BCUT2D eigenvalue weighted by Gasteiger charge is -2.15. The van der Waals surface area contributed by atoms with E-state index in [-0.39, 0.29) is 10.7 Å². The SMILES string of the molecule is Nc1cc([B-](F)(F)F)ccc1Cl. The maximum absolute atomic E-state index is 12.1. The van der Waals surface area contributed by atoms with Crippen LogP contribution in [0.3, 0.4) is 0 Å². The molecule has 0 aliphatic rings. The molecule has 12 heavy (non-hydrogen) atoms. The first-order valence-corrected chi connectivity index (χ1v) is 3.54. The number of nitrogen functional groups attached to an aromatic ring is 1. The first kappa shape index (κ1) is 9.25. The van der Waals surface area contributed by atoms with Gasteiger partial charge in [0.25, 0.3) is 0 Å². The highest BCUT2D eigenvalue weighted by atomic mass is 35.5. The van der Waals surface area contributed by atoms with Crippen molar-refractivity contribution in [3.63, 3.8) is 0 Å². The topological polar surface area (TPSA) is 26.0 Å². The number of anilines is 1. The van der Waals surface area contributed by atoms with E-state index in [2.05, 4.69) is 0 Å². The third kappa shape index (κ3) is 1.85. The molecule has 1 rings (SSSR count). The second kappa shape index (κ2) is 2.90. The third-order valence-electron chi connectivity index (χ3n) is 1.40. The Hall–Kier alpha value is -0.835. The molecule has 6 heteroatoms.